The van der Waals surface area contributed by atoms with E-state index in [2.05, 4.69) is 34.9 Å². The van der Waals surface area contributed by atoms with Gasteiger partial charge in [-0.05, 0) is 71.8 Å². The van der Waals surface area contributed by atoms with Crippen LogP contribution in [0.4, 0.5) is 26.3 Å². The van der Waals surface area contributed by atoms with Crippen molar-refractivity contribution < 1.29 is 26.3 Å². The summed E-state index contributed by atoms with van der Waals surface area (Å²) >= 11 is 1.68. The summed E-state index contributed by atoms with van der Waals surface area (Å²) in [5.74, 6) is 0.322. The molecule has 0 atom stereocenters. The van der Waals surface area contributed by atoms with Crippen LogP contribution in [0.1, 0.15) is 11.1 Å². The van der Waals surface area contributed by atoms with Gasteiger partial charge in [0.2, 0.25) is 0 Å². The summed E-state index contributed by atoms with van der Waals surface area (Å²) in [4.78, 5) is 10.2. The Kier molecular flexibility index (Phi) is 9.25. The van der Waals surface area contributed by atoms with Gasteiger partial charge in [-0.3, -0.25) is 0 Å². The third kappa shape index (κ3) is 6.78. The number of aromatic nitrogens is 3. The lowest BCUT2D eigenvalue weighted by Gasteiger charge is -2.21. The molecule has 0 aliphatic carbocycles. The molecule has 3 heterocycles. The largest absolute Gasteiger partial charge is 0.416 e. The summed E-state index contributed by atoms with van der Waals surface area (Å²) in [5, 5.41) is 4.14. The standard InChI is InChI=1S/C54H31F6N3S/c55-53(56,57)37-23-19-32(20-24-37)42-29-36(52-61-44(34-11-3-1-4-12-34)31-45(62-52)35-13-5-2-6-14-35)30-43(33-21-25-38(26-22-33)54(58,59)60)50(42)63-46-17-9-7-16-41(46)49-47(63)28-27-40-39-15-8-10-18-48(39)64-51(40)49/h1-31H. The minimum atomic E-state index is -4.59. The number of hydrogen-bond acceptors (Lipinski definition) is 3. The lowest BCUT2D eigenvalue weighted by Crippen LogP contribution is -2.06. The first kappa shape index (κ1) is 39.3. The molecule has 11 rings (SSSR count). The second-order valence-electron chi connectivity index (χ2n) is 15.6. The van der Waals surface area contributed by atoms with Crippen molar-refractivity contribution in [3.63, 3.8) is 0 Å². The number of fused-ring (bicyclic) bond motifs is 7. The van der Waals surface area contributed by atoms with Crippen LogP contribution in [-0.4, -0.2) is 14.5 Å². The number of rotatable bonds is 6. The van der Waals surface area contributed by atoms with Crippen LogP contribution >= 0.6 is 11.3 Å². The van der Waals surface area contributed by atoms with E-state index in [1.807, 2.05) is 109 Å². The summed E-state index contributed by atoms with van der Waals surface area (Å²) in [6.07, 6.45) is -9.17. The molecule has 0 unspecified atom stereocenters. The fraction of sp³-hybridized carbons (Fsp3) is 0.0370. The molecular formula is C54H31F6N3S. The highest BCUT2D eigenvalue weighted by atomic mass is 32.1. The van der Waals surface area contributed by atoms with Gasteiger partial charge in [0.15, 0.2) is 5.82 Å². The van der Waals surface area contributed by atoms with Crippen molar-refractivity contribution in [1.29, 1.82) is 0 Å². The number of halogens is 6. The number of para-hydroxylation sites is 1. The third-order valence-corrected chi connectivity index (χ3v) is 12.9. The van der Waals surface area contributed by atoms with Gasteiger partial charge in [0.1, 0.15) is 0 Å². The second kappa shape index (κ2) is 15.1. The molecule has 0 radical (unpaired) electrons. The molecule has 0 amide bonds. The number of alkyl halides is 6. The van der Waals surface area contributed by atoms with Crippen LogP contribution in [0, 0.1) is 0 Å². The molecule has 0 N–H and O–H groups in total. The minimum Gasteiger partial charge on any atom is -0.308 e. The summed E-state index contributed by atoms with van der Waals surface area (Å²) in [5.41, 5.74) is 5.98. The monoisotopic (exact) mass is 867 g/mol. The highest BCUT2D eigenvalue weighted by Gasteiger charge is 2.32. The zero-order valence-corrected chi connectivity index (χ0v) is 34.2. The van der Waals surface area contributed by atoms with E-state index in [1.165, 1.54) is 24.3 Å². The molecule has 0 saturated carbocycles. The van der Waals surface area contributed by atoms with Crippen LogP contribution in [0.5, 0.6) is 0 Å². The topological polar surface area (TPSA) is 30.7 Å². The van der Waals surface area contributed by atoms with E-state index < -0.39 is 23.5 Å². The molecule has 8 aromatic carbocycles. The molecule has 10 heteroatoms. The van der Waals surface area contributed by atoms with Crippen LogP contribution in [0.2, 0.25) is 0 Å². The van der Waals surface area contributed by atoms with Crippen LogP contribution in [0.15, 0.2) is 188 Å². The summed E-state index contributed by atoms with van der Waals surface area (Å²) in [7, 11) is 0. The Morgan fingerprint density at radius 3 is 1.45 bits per heavy atom. The Balaban J connectivity index is 1.28. The molecule has 0 spiro atoms. The van der Waals surface area contributed by atoms with Crippen molar-refractivity contribution in [2.75, 3.05) is 0 Å². The normalized spacial score (nSPS) is 12.2. The summed E-state index contributed by atoms with van der Waals surface area (Å²) in [6.45, 7) is 0. The Morgan fingerprint density at radius 1 is 0.406 bits per heavy atom. The lowest BCUT2D eigenvalue weighted by molar-refractivity contribution is -0.138. The lowest BCUT2D eigenvalue weighted by atomic mass is 9.91. The highest BCUT2D eigenvalue weighted by Crippen LogP contribution is 2.48. The van der Waals surface area contributed by atoms with Crippen LogP contribution in [-0.2, 0) is 12.4 Å². The zero-order valence-electron chi connectivity index (χ0n) is 33.4. The predicted molar refractivity (Wildman–Crippen MR) is 246 cm³/mol. The summed E-state index contributed by atoms with van der Waals surface area (Å²) in [6, 6.07) is 55.2. The molecule has 3 aromatic heterocycles. The SMILES string of the molecule is FC(F)(F)c1ccc(-c2cc(-c3nc(-c4ccccc4)cc(-c4ccccc4)n3)cc(-c3ccc(C(F)(F)F)cc3)c2-n2c3ccccc3c3c4sc5ccccc5c4ccc32)cc1. The van der Waals surface area contributed by atoms with Crippen LogP contribution < -0.4 is 0 Å². The van der Waals surface area contributed by atoms with Crippen molar-refractivity contribution in [2.45, 2.75) is 12.4 Å². The van der Waals surface area contributed by atoms with Gasteiger partial charge in [-0.1, -0.05) is 127 Å². The zero-order chi connectivity index (χ0) is 43.7. The molecule has 0 aliphatic rings. The average molecular weight is 868 g/mol. The Morgan fingerprint density at radius 2 is 0.906 bits per heavy atom. The molecule has 0 fully saturated rings. The van der Waals surface area contributed by atoms with Gasteiger partial charge < -0.3 is 4.57 Å². The predicted octanol–water partition coefficient (Wildman–Crippen LogP) is 16.3. The van der Waals surface area contributed by atoms with Crippen LogP contribution in [0.25, 0.3) is 104 Å². The number of benzene rings is 8. The van der Waals surface area contributed by atoms with Gasteiger partial charge in [0.25, 0.3) is 0 Å². The second-order valence-corrected chi connectivity index (χ2v) is 16.6. The molecule has 310 valence electrons. The van der Waals surface area contributed by atoms with Gasteiger partial charge >= 0.3 is 12.4 Å². The van der Waals surface area contributed by atoms with E-state index >= 15 is 0 Å². The molecule has 64 heavy (non-hydrogen) atoms. The molecule has 0 bridgehead atoms. The van der Waals surface area contributed by atoms with Gasteiger partial charge in [-0.15, -0.1) is 11.3 Å². The van der Waals surface area contributed by atoms with Gasteiger partial charge in [-0.25, -0.2) is 9.97 Å². The van der Waals surface area contributed by atoms with Crippen molar-refractivity contribution in [1.82, 2.24) is 14.5 Å². The molecule has 0 aliphatic heterocycles. The number of thiophene rings is 1. The number of nitrogens with zero attached hydrogens (tertiary/aromatic N) is 3. The van der Waals surface area contributed by atoms with E-state index in [9.17, 15) is 26.3 Å². The molecule has 3 nitrogen and oxygen atoms in total. The minimum absolute atomic E-state index is 0.322. The van der Waals surface area contributed by atoms with E-state index in [1.54, 1.807) is 11.3 Å². The maximum atomic E-state index is 14.1. The van der Waals surface area contributed by atoms with Crippen molar-refractivity contribution in [2.24, 2.45) is 0 Å². The fourth-order valence-corrected chi connectivity index (χ4v) is 9.95. The first-order valence-corrected chi connectivity index (χ1v) is 21.2. The van der Waals surface area contributed by atoms with Gasteiger partial charge in [0, 0.05) is 58.8 Å². The quantitative estimate of drug-likeness (QED) is 0.156. The Hall–Kier alpha value is -7.56. The third-order valence-electron chi connectivity index (χ3n) is 11.7. The first-order valence-electron chi connectivity index (χ1n) is 20.4. The summed E-state index contributed by atoms with van der Waals surface area (Å²) < 4.78 is 89.0. The van der Waals surface area contributed by atoms with Crippen molar-refractivity contribution >= 4 is 53.3 Å². The maximum absolute atomic E-state index is 14.1. The molecule has 11 aromatic rings. The van der Waals surface area contributed by atoms with Crippen molar-refractivity contribution in [3.05, 3.63) is 199 Å². The van der Waals surface area contributed by atoms with E-state index in [0.29, 0.717) is 50.7 Å². The smallest absolute Gasteiger partial charge is 0.308 e. The molecule has 0 saturated heterocycles. The first-order chi connectivity index (χ1) is 31.0. The molecular weight excluding hydrogens is 837 g/mol. The van der Waals surface area contributed by atoms with E-state index in [-0.39, 0.29) is 0 Å². The van der Waals surface area contributed by atoms with Gasteiger partial charge in [0.05, 0.1) is 39.2 Å². The average Bonchev–Trinajstić information content (AvgIpc) is 3.87. The fourth-order valence-electron chi connectivity index (χ4n) is 8.69. The number of hydrogen-bond donors (Lipinski definition) is 0. The highest BCUT2D eigenvalue weighted by molar-refractivity contribution is 7.26. The van der Waals surface area contributed by atoms with E-state index in [0.717, 1.165) is 77.4 Å². The van der Waals surface area contributed by atoms with Crippen LogP contribution in [0.3, 0.4) is 0 Å². The Bertz CT molecular complexity index is 3420. The Labute approximate surface area is 366 Å². The maximum Gasteiger partial charge on any atom is 0.416 e. The van der Waals surface area contributed by atoms with Crippen molar-refractivity contribution in [3.8, 4) is 61.8 Å². The van der Waals surface area contributed by atoms with E-state index in [4.69, 9.17) is 9.97 Å². The van der Waals surface area contributed by atoms with Gasteiger partial charge in [-0.2, -0.15) is 26.3 Å².